The van der Waals surface area contributed by atoms with Crippen molar-refractivity contribution in [3.05, 3.63) is 59.7 Å². The van der Waals surface area contributed by atoms with Gasteiger partial charge in [0.15, 0.2) is 0 Å². The van der Waals surface area contributed by atoms with Gasteiger partial charge >= 0.3 is 0 Å². The zero-order valence-electron chi connectivity index (χ0n) is 13.7. The second-order valence-electron chi connectivity index (χ2n) is 5.72. The number of amides is 1. The molecule has 0 spiro atoms. The molecule has 1 amide bonds. The van der Waals surface area contributed by atoms with Gasteiger partial charge in [-0.05, 0) is 54.3 Å². The summed E-state index contributed by atoms with van der Waals surface area (Å²) in [6.45, 7) is 1.21. The van der Waals surface area contributed by atoms with Gasteiger partial charge in [-0.1, -0.05) is 18.2 Å². The van der Waals surface area contributed by atoms with Crippen LogP contribution in [0.2, 0.25) is 0 Å². The highest BCUT2D eigenvalue weighted by atomic mass is 16.5. The SMILES string of the molecule is COc1ccc(/C=N\NC(=O)CN2CCCc3ccccc32)cc1. The highest BCUT2D eigenvalue weighted by Crippen LogP contribution is 2.26. The molecule has 2 aromatic carbocycles. The first-order valence-electron chi connectivity index (χ1n) is 8.05. The van der Waals surface area contributed by atoms with Gasteiger partial charge < -0.3 is 9.64 Å². The van der Waals surface area contributed by atoms with Gasteiger partial charge in [0, 0.05) is 12.2 Å². The van der Waals surface area contributed by atoms with Crippen LogP contribution in [-0.4, -0.2) is 32.3 Å². The summed E-state index contributed by atoms with van der Waals surface area (Å²) in [5.74, 6) is 0.677. The van der Waals surface area contributed by atoms with Gasteiger partial charge in [0.05, 0.1) is 19.9 Å². The van der Waals surface area contributed by atoms with Crippen molar-refractivity contribution in [2.75, 3.05) is 25.1 Å². The van der Waals surface area contributed by atoms with Gasteiger partial charge in [-0.25, -0.2) is 5.43 Å². The van der Waals surface area contributed by atoms with Crippen LogP contribution in [-0.2, 0) is 11.2 Å². The predicted octanol–water partition coefficient (Wildman–Crippen LogP) is 2.60. The second kappa shape index (κ2) is 7.64. The largest absolute Gasteiger partial charge is 0.497 e. The minimum atomic E-state index is -0.114. The van der Waals surface area contributed by atoms with Crippen LogP contribution in [0, 0.1) is 0 Å². The van der Waals surface area contributed by atoms with Gasteiger partial charge in [0.25, 0.3) is 5.91 Å². The molecule has 0 saturated heterocycles. The minimum Gasteiger partial charge on any atom is -0.497 e. The first kappa shape index (κ1) is 16.1. The number of para-hydroxylation sites is 1. The molecule has 3 rings (SSSR count). The number of hydrogen-bond acceptors (Lipinski definition) is 4. The van der Waals surface area contributed by atoms with E-state index in [-0.39, 0.29) is 5.91 Å². The van der Waals surface area contributed by atoms with Crippen molar-refractivity contribution >= 4 is 17.8 Å². The summed E-state index contributed by atoms with van der Waals surface area (Å²) in [5.41, 5.74) is 5.95. The molecule has 0 aliphatic carbocycles. The Bertz CT molecular complexity index is 726. The lowest BCUT2D eigenvalue weighted by Gasteiger charge is -2.30. The molecule has 5 nitrogen and oxygen atoms in total. The monoisotopic (exact) mass is 323 g/mol. The van der Waals surface area contributed by atoms with Gasteiger partial charge in [0.2, 0.25) is 0 Å². The van der Waals surface area contributed by atoms with E-state index in [0.29, 0.717) is 6.54 Å². The van der Waals surface area contributed by atoms with E-state index in [4.69, 9.17) is 4.74 Å². The Morgan fingerprint density at radius 2 is 2.04 bits per heavy atom. The van der Waals surface area contributed by atoms with E-state index in [1.807, 2.05) is 36.4 Å². The summed E-state index contributed by atoms with van der Waals surface area (Å²) in [6, 6.07) is 15.7. The summed E-state index contributed by atoms with van der Waals surface area (Å²) < 4.78 is 5.11. The van der Waals surface area contributed by atoms with E-state index in [0.717, 1.165) is 36.4 Å². The lowest BCUT2D eigenvalue weighted by atomic mass is 10.0. The Labute approximate surface area is 141 Å². The Hall–Kier alpha value is -2.82. The highest BCUT2D eigenvalue weighted by Gasteiger charge is 2.18. The Balaban J connectivity index is 1.55. The third kappa shape index (κ3) is 3.93. The summed E-state index contributed by atoms with van der Waals surface area (Å²) in [7, 11) is 1.63. The molecule has 0 atom stereocenters. The molecule has 0 saturated carbocycles. The van der Waals surface area contributed by atoms with E-state index >= 15 is 0 Å². The van der Waals surface area contributed by atoms with Crippen molar-refractivity contribution in [1.82, 2.24) is 5.43 Å². The first-order valence-corrected chi connectivity index (χ1v) is 8.05. The van der Waals surface area contributed by atoms with E-state index in [2.05, 4.69) is 27.6 Å². The fourth-order valence-corrected chi connectivity index (χ4v) is 2.85. The molecule has 0 aromatic heterocycles. The minimum absolute atomic E-state index is 0.114. The maximum absolute atomic E-state index is 12.1. The molecule has 24 heavy (non-hydrogen) atoms. The molecule has 0 unspecified atom stereocenters. The average Bonchev–Trinajstić information content (AvgIpc) is 2.63. The predicted molar refractivity (Wildman–Crippen MR) is 95.7 cm³/mol. The van der Waals surface area contributed by atoms with E-state index in [1.165, 1.54) is 5.56 Å². The van der Waals surface area contributed by atoms with Gasteiger partial charge in [-0.2, -0.15) is 5.10 Å². The van der Waals surface area contributed by atoms with Crippen molar-refractivity contribution in [1.29, 1.82) is 0 Å². The maximum atomic E-state index is 12.1. The molecule has 0 bridgehead atoms. The van der Waals surface area contributed by atoms with Crippen LogP contribution in [0.25, 0.3) is 0 Å². The first-order chi connectivity index (χ1) is 11.8. The molecule has 0 fully saturated rings. The van der Waals surface area contributed by atoms with Crippen LogP contribution in [0.1, 0.15) is 17.5 Å². The quantitative estimate of drug-likeness (QED) is 0.680. The van der Waals surface area contributed by atoms with Crippen LogP contribution < -0.4 is 15.1 Å². The Morgan fingerprint density at radius 3 is 2.83 bits per heavy atom. The van der Waals surface area contributed by atoms with Crippen LogP contribution in [0.5, 0.6) is 5.75 Å². The van der Waals surface area contributed by atoms with Crippen LogP contribution >= 0.6 is 0 Å². The molecular formula is C19H21N3O2. The topological polar surface area (TPSA) is 53.9 Å². The van der Waals surface area contributed by atoms with Crippen molar-refractivity contribution in [3.63, 3.8) is 0 Å². The number of nitrogens with zero attached hydrogens (tertiary/aromatic N) is 2. The highest BCUT2D eigenvalue weighted by molar-refractivity contribution is 5.85. The van der Waals surface area contributed by atoms with Crippen LogP contribution in [0.15, 0.2) is 53.6 Å². The average molecular weight is 323 g/mol. The van der Waals surface area contributed by atoms with Gasteiger partial charge in [-0.3, -0.25) is 4.79 Å². The third-order valence-electron chi connectivity index (χ3n) is 4.06. The molecule has 1 heterocycles. The molecule has 5 heteroatoms. The number of benzene rings is 2. The van der Waals surface area contributed by atoms with Crippen molar-refractivity contribution in [3.8, 4) is 5.75 Å². The normalized spacial score (nSPS) is 13.6. The zero-order chi connectivity index (χ0) is 16.8. The number of fused-ring (bicyclic) bond motifs is 1. The molecule has 2 aromatic rings. The third-order valence-corrected chi connectivity index (χ3v) is 4.06. The number of carbonyl (C=O) groups excluding carboxylic acids is 1. The molecule has 1 aliphatic heterocycles. The number of carbonyl (C=O) groups is 1. The van der Waals surface area contributed by atoms with E-state index in [9.17, 15) is 4.79 Å². The van der Waals surface area contributed by atoms with Gasteiger partial charge in [0.1, 0.15) is 5.75 Å². The lowest BCUT2D eigenvalue weighted by Crippen LogP contribution is -2.38. The number of methoxy groups -OCH3 is 1. The molecule has 1 N–H and O–H groups in total. The zero-order valence-corrected chi connectivity index (χ0v) is 13.7. The standard InChI is InChI=1S/C19H21N3O2/c1-24-17-10-8-15(9-11-17)13-20-21-19(23)14-22-12-4-6-16-5-2-3-7-18(16)22/h2-3,5,7-11,13H,4,6,12,14H2,1H3,(H,21,23)/b20-13-. The van der Waals surface area contributed by atoms with E-state index in [1.54, 1.807) is 13.3 Å². The Kier molecular flexibility index (Phi) is 5.11. The molecule has 0 radical (unpaired) electrons. The second-order valence-corrected chi connectivity index (χ2v) is 5.72. The van der Waals surface area contributed by atoms with Gasteiger partial charge in [-0.15, -0.1) is 0 Å². The van der Waals surface area contributed by atoms with Crippen molar-refractivity contribution in [2.24, 2.45) is 5.10 Å². The Morgan fingerprint density at radius 1 is 1.25 bits per heavy atom. The summed E-state index contributed by atoms with van der Waals surface area (Å²) in [4.78, 5) is 14.2. The van der Waals surface area contributed by atoms with Crippen LogP contribution in [0.3, 0.4) is 0 Å². The maximum Gasteiger partial charge on any atom is 0.259 e. The number of nitrogens with one attached hydrogen (secondary N) is 1. The molecule has 1 aliphatic rings. The number of anilines is 1. The lowest BCUT2D eigenvalue weighted by molar-refractivity contribution is -0.119. The van der Waals surface area contributed by atoms with Crippen molar-refractivity contribution in [2.45, 2.75) is 12.8 Å². The number of ether oxygens (including phenoxy) is 1. The smallest absolute Gasteiger partial charge is 0.259 e. The fraction of sp³-hybridized carbons (Fsp3) is 0.263. The number of aryl methyl sites for hydroxylation is 1. The number of rotatable bonds is 5. The van der Waals surface area contributed by atoms with Crippen molar-refractivity contribution < 1.29 is 9.53 Å². The number of hydrogen-bond donors (Lipinski definition) is 1. The molecule has 124 valence electrons. The van der Waals surface area contributed by atoms with Crippen LogP contribution in [0.4, 0.5) is 5.69 Å². The fourth-order valence-electron chi connectivity index (χ4n) is 2.85. The number of hydrazone groups is 1. The van der Waals surface area contributed by atoms with E-state index < -0.39 is 0 Å². The summed E-state index contributed by atoms with van der Waals surface area (Å²) in [5, 5.41) is 4.03. The summed E-state index contributed by atoms with van der Waals surface area (Å²) in [6.07, 6.45) is 3.77. The molecular weight excluding hydrogens is 302 g/mol. The summed E-state index contributed by atoms with van der Waals surface area (Å²) >= 11 is 0.